The molecule has 20 heavy (non-hydrogen) atoms. The quantitative estimate of drug-likeness (QED) is 0.926. The molecule has 0 aliphatic heterocycles. The lowest BCUT2D eigenvalue weighted by Gasteiger charge is -2.13. The fraction of sp³-hybridized carbons (Fsp3) is 0.375. The number of anilines is 1. The van der Waals surface area contributed by atoms with Crippen molar-refractivity contribution in [3.8, 4) is 0 Å². The number of aryl methyl sites for hydroxylation is 3. The van der Waals surface area contributed by atoms with Gasteiger partial charge in [-0.15, -0.1) is 0 Å². The first kappa shape index (κ1) is 14.3. The molecule has 0 spiro atoms. The van der Waals surface area contributed by atoms with Crippen LogP contribution >= 0.6 is 0 Å². The number of benzene rings is 1. The molecule has 0 fully saturated rings. The highest BCUT2D eigenvalue weighted by Crippen LogP contribution is 2.16. The molecule has 0 unspecified atom stereocenters. The average Bonchev–Trinajstić information content (AvgIpc) is 2.80. The fourth-order valence-electron chi connectivity index (χ4n) is 2.07. The van der Waals surface area contributed by atoms with Crippen molar-refractivity contribution in [2.75, 3.05) is 5.32 Å². The zero-order chi connectivity index (χ0) is 14.7. The summed E-state index contributed by atoms with van der Waals surface area (Å²) < 4.78 is 1.83. The van der Waals surface area contributed by atoms with Gasteiger partial charge in [0.2, 0.25) is 5.91 Å². The van der Waals surface area contributed by atoms with E-state index in [1.807, 2.05) is 55.9 Å². The molecule has 4 nitrogen and oxygen atoms in total. The predicted octanol–water partition coefficient (Wildman–Crippen LogP) is 3.40. The SMILES string of the molecule is Cc1ccn([C@@H](C)CC(=O)Nc2ccc(C)c(C)c2)n1. The Bertz CT molecular complexity index is 616. The highest BCUT2D eigenvalue weighted by Gasteiger charge is 2.12. The summed E-state index contributed by atoms with van der Waals surface area (Å²) in [6.07, 6.45) is 2.32. The van der Waals surface area contributed by atoms with Gasteiger partial charge in [0.25, 0.3) is 0 Å². The van der Waals surface area contributed by atoms with Gasteiger partial charge >= 0.3 is 0 Å². The van der Waals surface area contributed by atoms with Crippen molar-refractivity contribution in [2.45, 2.75) is 40.2 Å². The van der Waals surface area contributed by atoms with E-state index < -0.39 is 0 Å². The van der Waals surface area contributed by atoms with Crippen LogP contribution in [-0.2, 0) is 4.79 Å². The van der Waals surface area contributed by atoms with Crippen LogP contribution in [0.4, 0.5) is 5.69 Å². The van der Waals surface area contributed by atoms with Gasteiger partial charge in [-0.05, 0) is 57.0 Å². The maximum Gasteiger partial charge on any atom is 0.226 e. The van der Waals surface area contributed by atoms with E-state index in [1.54, 1.807) is 0 Å². The minimum absolute atomic E-state index is 0.00825. The number of hydrogen-bond donors (Lipinski definition) is 1. The minimum Gasteiger partial charge on any atom is -0.326 e. The Morgan fingerprint density at radius 3 is 2.60 bits per heavy atom. The van der Waals surface area contributed by atoms with E-state index in [-0.39, 0.29) is 11.9 Å². The van der Waals surface area contributed by atoms with Gasteiger partial charge in [0, 0.05) is 18.3 Å². The summed E-state index contributed by atoms with van der Waals surface area (Å²) in [5.41, 5.74) is 4.22. The highest BCUT2D eigenvalue weighted by atomic mass is 16.1. The third kappa shape index (κ3) is 3.47. The van der Waals surface area contributed by atoms with Crippen LogP contribution in [0.1, 0.15) is 36.2 Å². The van der Waals surface area contributed by atoms with Gasteiger partial charge in [-0.3, -0.25) is 9.48 Å². The standard InChI is InChI=1S/C16H21N3O/c1-11-5-6-15(9-12(11)2)17-16(20)10-14(4)19-8-7-13(3)18-19/h5-9,14H,10H2,1-4H3,(H,17,20)/t14-/m0/s1. The molecule has 1 heterocycles. The Labute approximate surface area is 119 Å². The largest absolute Gasteiger partial charge is 0.326 e. The van der Waals surface area contributed by atoms with Crippen LogP contribution in [0.3, 0.4) is 0 Å². The molecule has 106 valence electrons. The van der Waals surface area contributed by atoms with E-state index in [0.29, 0.717) is 6.42 Å². The first-order valence-electron chi connectivity index (χ1n) is 6.84. The van der Waals surface area contributed by atoms with Crippen molar-refractivity contribution in [1.29, 1.82) is 0 Å². The number of nitrogens with zero attached hydrogens (tertiary/aromatic N) is 2. The third-order valence-electron chi connectivity index (χ3n) is 3.46. The Hall–Kier alpha value is -2.10. The van der Waals surface area contributed by atoms with Crippen LogP contribution in [-0.4, -0.2) is 15.7 Å². The van der Waals surface area contributed by atoms with Gasteiger partial charge in [0.15, 0.2) is 0 Å². The van der Waals surface area contributed by atoms with Gasteiger partial charge < -0.3 is 5.32 Å². The van der Waals surface area contributed by atoms with Crippen molar-refractivity contribution < 1.29 is 4.79 Å². The van der Waals surface area contributed by atoms with E-state index in [4.69, 9.17) is 0 Å². The van der Waals surface area contributed by atoms with Gasteiger partial charge in [0.1, 0.15) is 0 Å². The maximum atomic E-state index is 12.0. The third-order valence-corrected chi connectivity index (χ3v) is 3.46. The highest BCUT2D eigenvalue weighted by molar-refractivity contribution is 5.91. The normalized spacial score (nSPS) is 12.2. The van der Waals surface area contributed by atoms with E-state index in [1.165, 1.54) is 11.1 Å². The molecule has 1 amide bonds. The van der Waals surface area contributed by atoms with Crippen molar-refractivity contribution in [1.82, 2.24) is 9.78 Å². The topological polar surface area (TPSA) is 46.9 Å². The number of aromatic nitrogens is 2. The molecule has 1 aromatic heterocycles. The van der Waals surface area contributed by atoms with Crippen molar-refractivity contribution in [3.05, 3.63) is 47.3 Å². The second kappa shape index (κ2) is 5.90. The van der Waals surface area contributed by atoms with Crippen molar-refractivity contribution >= 4 is 11.6 Å². The van der Waals surface area contributed by atoms with Gasteiger partial charge in [0.05, 0.1) is 11.7 Å². The molecule has 0 radical (unpaired) electrons. The predicted molar refractivity (Wildman–Crippen MR) is 80.8 cm³/mol. The number of nitrogens with one attached hydrogen (secondary N) is 1. The maximum absolute atomic E-state index is 12.0. The molecule has 0 saturated heterocycles. The molecule has 1 aromatic carbocycles. The Balaban J connectivity index is 1.96. The molecule has 4 heteroatoms. The number of amides is 1. The second-order valence-corrected chi connectivity index (χ2v) is 5.34. The average molecular weight is 271 g/mol. The second-order valence-electron chi connectivity index (χ2n) is 5.34. The smallest absolute Gasteiger partial charge is 0.226 e. The summed E-state index contributed by atoms with van der Waals surface area (Å²) in [7, 11) is 0. The minimum atomic E-state index is 0.00825. The van der Waals surface area contributed by atoms with Crippen molar-refractivity contribution in [2.24, 2.45) is 0 Å². The first-order valence-corrected chi connectivity index (χ1v) is 6.84. The van der Waals surface area contributed by atoms with E-state index in [0.717, 1.165) is 11.4 Å². The molecule has 0 aliphatic rings. The molecular weight excluding hydrogens is 250 g/mol. The number of hydrogen-bond acceptors (Lipinski definition) is 2. The summed E-state index contributed by atoms with van der Waals surface area (Å²) in [6.45, 7) is 8.04. The van der Waals surface area contributed by atoms with Gasteiger partial charge in [-0.1, -0.05) is 6.07 Å². The Morgan fingerprint density at radius 1 is 1.25 bits per heavy atom. The number of carbonyl (C=O) groups is 1. The summed E-state index contributed by atoms with van der Waals surface area (Å²) in [6, 6.07) is 7.94. The van der Waals surface area contributed by atoms with Crippen LogP contribution in [0.15, 0.2) is 30.5 Å². The summed E-state index contributed by atoms with van der Waals surface area (Å²) in [5, 5.41) is 7.27. The molecule has 1 atom stereocenters. The molecule has 0 bridgehead atoms. The summed E-state index contributed by atoms with van der Waals surface area (Å²) in [5.74, 6) is 0.00825. The lowest BCUT2D eigenvalue weighted by molar-refractivity contribution is -0.116. The molecule has 0 saturated carbocycles. The van der Waals surface area contributed by atoms with Crippen LogP contribution in [0.5, 0.6) is 0 Å². The van der Waals surface area contributed by atoms with E-state index >= 15 is 0 Å². The fourth-order valence-corrected chi connectivity index (χ4v) is 2.07. The van der Waals surface area contributed by atoms with E-state index in [2.05, 4.69) is 17.3 Å². The summed E-state index contributed by atoms with van der Waals surface area (Å²) in [4.78, 5) is 12.0. The molecular formula is C16H21N3O. The lowest BCUT2D eigenvalue weighted by atomic mass is 10.1. The molecule has 1 N–H and O–H groups in total. The van der Waals surface area contributed by atoms with Crippen LogP contribution in [0, 0.1) is 20.8 Å². The lowest BCUT2D eigenvalue weighted by Crippen LogP contribution is -2.18. The van der Waals surface area contributed by atoms with Gasteiger partial charge in [-0.25, -0.2) is 0 Å². The monoisotopic (exact) mass is 271 g/mol. The molecule has 0 aliphatic carbocycles. The number of rotatable bonds is 4. The molecule has 2 aromatic rings. The van der Waals surface area contributed by atoms with Crippen LogP contribution in [0.2, 0.25) is 0 Å². The van der Waals surface area contributed by atoms with Gasteiger partial charge in [-0.2, -0.15) is 5.10 Å². The number of carbonyl (C=O) groups excluding carboxylic acids is 1. The van der Waals surface area contributed by atoms with Crippen LogP contribution in [0.25, 0.3) is 0 Å². The van der Waals surface area contributed by atoms with Crippen LogP contribution < -0.4 is 5.32 Å². The van der Waals surface area contributed by atoms with E-state index in [9.17, 15) is 4.79 Å². The first-order chi connectivity index (χ1) is 9.45. The zero-order valence-electron chi connectivity index (χ0n) is 12.5. The summed E-state index contributed by atoms with van der Waals surface area (Å²) >= 11 is 0. The Kier molecular flexibility index (Phi) is 4.23. The van der Waals surface area contributed by atoms with Crippen molar-refractivity contribution in [3.63, 3.8) is 0 Å². The zero-order valence-corrected chi connectivity index (χ0v) is 12.5. The molecule has 2 rings (SSSR count). The Morgan fingerprint density at radius 2 is 2.00 bits per heavy atom.